The summed E-state index contributed by atoms with van der Waals surface area (Å²) in [5.41, 5.74) is 1.19. The molecule has 1 aromatic rings. The minimum Gasteiger partial charge on any atom is -0.338 e. The second-order valence-corrected chi connectivity index (χ2v) is 8.45. The molecule has 1 N–H and O–H groups in total. The summed E-state index contributed by atoms with van der Waals surface area (Å²) < 4.78 is 5.44. The first-order valence-corrected chi connectivity index (χ1v) is 7.92. The van der Waals surface area contributed by atoms with Gasteiger partial charge >= 0.3 is 0 Å². The third-order valence-electron chi connectivity index (χ3n) is 5.90. The largest absolute Gasteiger partial charge is 0.338 e. The molecule has 2 atom stereocenters. The summed E-state index contributed by atoms with van der Waals surface area (Å²) in [6, 6.07) is 0. The fraction of sp³-hybridized carbons (Fsp3) is 0.875. The molecule has 5 rings (SSSR count). The maximum absolute atomic E-state index is 5.44. The Bertz CT molecular complexity index is 520. The Hall–Kier alpha value is -0.900. The van der Waals surface area contributed by atoms with Crippen molar-refractivity contribution in [3.63, 3.8) is 0 Å². The smallest absolute Gasteiger partial charge is 0.240 e. The van der Waals surface area contributed by atoms with E-state index in [2.05, 4.69) is 24.3 Å². The van der Waals surface area contributed by atoms with Crippen LogP contribution in [0.15, 0.2) is 4.52 Å². The van der Waals surface area contributed by atoms with Gasteiger partial charge in [-0.05, 0) is 62.3 Å². The molecule has 4 nitrogen and oxygen atoms in total. The van der Waals surface area contributed by atoms with Crippen molar-refractivity contribution in [3.8, 4) is 0 Å². The van der Waals surface area contributed by atoms with Crippen molar-refractivity contribution in [2.45, 2.75) is 64.3 Å². The van der Waals surface area contributed by atoms with Crippen molar-refractivity contribution < 1.29 is 4.52 Å². The molecule has 0 aromatic carbocycles. The lowest BCUT2D eigenvalue weighted by atomic mass is 9.40. The Morgan fingerprint density at radius 1 is 1.15 bits per heavy atom. The number of aromatic nitrogens is 2. The van der Waals surface area contributed by atoms with Gasteiger partial charge in [-0.25, -0.2) is 0 Å². The standard InChI is InChI=1S/C16H25N3O/c1-14-4-11-5-15(2,8-14)10-16(6-11,9-14)13-18-12(7-17-3)20-19-13/h11,17H,4-10H2,1-3H3. The summed E-state index contributed by atoms with van der Waals surface area (Å²) >= 11 is 0. The highest BCUT2D eigenvalue weighted by Gasteiger charge is 2.62. The van der Waals surface area contributed by atoms with Gasteiger partial charge < -0.3 is 9.84 Å². The Morgan fingerprint density at radius 2 is 1.85 bits per heavy atom. The number of hydrogen-bond donors (Lipinski definition) is 1. The quantitative estimate of drug-likeness (QED) is 0.921. The Balaban J connectivity index is 1.72. The van der Waals surface area contributed by atoms with Crippen molar-refractivity contribution in [2.24, 2.45) is 16.7 Å². The lowest BCUT2D eigenvalue weighted by molar-refractivity contribution is -0.113. The number of nitrogens with zero attached hydrogens (tertiary/aromatic N) is 2. The molecule has 0 amide bonds. The Morgan fingerprint density at radius 3 is 2.45 bits per heavy atom. The van der Waals surface area contributed by atoms with Gasteiger partial charge in [0.1, 0.15) is 0 Å². The Kier molecular flexibility index (Phi) is 2.46. The highest BCUT2D eigenvalue weighted by molar-refractivity contribution is 5.21. The van der Waals surface area contributed by atoms with E-state index < -0.39 is 0 Å². The van der Waals surface area contributed by atoms with Crippen LogP contribution in [0.1, 0.15) is 64.1 Å². The summed E-state index contributed by atoms with van der Waals surface area (Å²) in [5, 5.41) is 7.45. The van der Waals surface area contributed by atoms with Gasteiger partial charge in [-0.15, -0.1) is 0 Å². The average molecular weight is 275 g/mol. The fourth-order valence-corrected chi connectivity index (χ4v) is 6.39. The van der Waals surface area contributed by atoms with Crippen LogP contribution in [0.2, 0.25) is 0 Å². The fourth-order valence-electron chi connectivity index (χ4n) is 6.39. The van der Waals surface area contributed by atoms with Crippen LogP contribution >= 0.6 is 0 Å². The molecular formula is C16H25N3O. The molecule has 0 spiro atoms. The lowest BCUT2D eigenvalue weighted by Crippen LogP contribution is -2.57. The predicted molar refractivity (Wildman–Crippen MR) is 76.1 cm³/mol. The van der Waals surface area contributed by atoms with Crippen molar-refractivity contribution in [2.75, 3.05) is 7.05 Å². The molecule has 4 bridgehead atoms. The SMILES string of the molecule is CNCc1nc(C23CC4CC(C)(CC(C)(C4)C2)C3)no1. The van der Waals surface area contributed by atoms with Gasteiger partial charge in [0.15, 0.2) is 5.82 Å². The van der Waals surface area contributed by atoms with Gasteiger partial charge in [0.2, 0.25) is 5.89 Å². The summed E-state index contributed by atoms with van der Waals surface area (Å²) in [6.45, 7) is 5.64. The van der Waals surface area contributed by atoms with Crippen LogP contribution < -0.4 is 5.32 Å². The highest BCUT2D eigenvalue weighted by atomic mass is 16.5. The zero-order valence-electron chi connectivity index (χ0n) is 12.8. The van der Waals surface area contributed by atoms with Crippen LogP contribution in [0.4, 0.5) is 0 Å². The van der Waals surface area contributed by atoms with Gasteiger partial charge in [0.25, 0.3) is 0 Å². The zero-order valence-corrected chi connectivity index (χ0v) is 12.8. The summed E-state index contributed by atoms with van der Waals surface area (Å²) in [7, 11) is 1.91. The molecule has 4 saturated carbocycles. The zero-order chi connectivity index (χ0) is 14.0. The van der Waals surface area contributed by atoms with E-state index >= 15 is 0 Å². The molecular weight excluding hydrogens is 250 g/mol. The van der Waals surface area contributed by atoms with Gasteiger partial charge in [0.05, 0.1) is 6.54 Å². The summed E-state index contributed by atoms with van der Waals surface area (Å²) in [6.07, 6.45) is 7.99. The number of rotatable bonds is 3. The molecule has 4 heteroatoms. The molecule has 110 valence electrons. The van der Waals surface area contributed by atoms with Crippen molar-refractivity contribution in [1.82, 2.24) is 15.5 Å². The predicted octanol–water partition coefficient (Wildman–Crippen LogP) is 3.04. The maximum atomic E-state index is 5.44. The van der Waals surface area contributed by atoms with E-state index in [9.17, 15) is 0 Å². The van der Waals surface area contributed by atoms with Crippen molar-refractivity contribution >= 4 is 0 Å². The average Bonchev–Trinajstić information content (AvgIpc) is 2.73. The maximum Gasteiger partial charge on any atom is 0.240 e. The van der Waals surface area contributed by atoms with Crippen LogP contribution in [0.5, 0.6) is 0 Å². The Labute approximate surface area is 120 Å². The van der Waals surface area contributed by atoms with Crippen LogP contribution in [0.25, 0.3) is 0 Å². The third-order valence-corrected chi connectivity index (χ3v) is 5.90. The topological polar surface area (TPSA) is 51.0 Å². The number of nitrogens with one attached hydrogen (secondary N) is 1. The van der Waals surface area contributed by atoms with Crippen LogP contribution in [0, 0.1) is 16.7 Å². The monoisotopic (exact) mass is 275 g/mol. The molecule has 1 heterocycles. The number of hydrogen-bond acceptors (Lipinski definition) is 4. The molecule has 0 saturated heterocycles. The minimum absolute atomic E-state index is 0.193. The van der Waals surface area contributed by atoms with E-state index in [1.54, 1.807) is 0 Å². The molecule has 4 fully saturated rings. The van der Waals surface area contributed by atoms with Crippen molar-refractivity contribution in [3.05, 3.63) is 11.7 Å². The van der Waals surface area contributed by atoms with E-state index in [0.717, 1.165) is 17.6 Å². The minimum atomic E-state index is 0.193. The third kappa shape index (κ3) is 1.77. The normalized spacial score (nSPS) is 46.0. The molecule has 0 aliphatic heterocycles. The van der Waals surface area contributed by atoms with Gasteiger partial charge in [0, 0.05) is 5.41 Å². The van der Waals surface area contributed by atoms with Crippen molar-refractivity contribution in [1.29, 1.82) is 0 Å². The van der Waals surface area contributed by atoms with E-state index in [1.165, 1.54) is 38.5 Å². The van der Waals surface area contributed by atoms with Crippen LogP contribution in [-0.4, -0.2) is 17.2 Å². The van der Waals surface area contributed by atoms with E-state index in [1.807, 2.05) is 7.05 Å². The van der Waals surface area contributed by atoms with Crippen LogP contribution in [-0.2, 0) is 12.0 Å². The lowest BCUT2D eigenvalue weighted by Gasteiger charge is -2.64. The second-order valence-electron chi connectivity index (χ2n) is 8.45. The second kappa shape index (κ2) is 3.85. The summed E-state index contributed by atoms with van der Waals surface area (Å²) in [5.74, 6) is 2.59. The van der Waals surface area contributed by atoms with Gasteiger partial charge in [-0.2, -0.15) is 4.98 Å². The van der Waals surface area contributed by atoms with E-state index in [-0.39, 0.29) is 5.41 Å². The first kappa shape index (κ1) is 12.8. The molecule has 20 heavy (non-hydrogen) atoms. The first-order valence-electron chi connectivity index (χ1n) is 7.92. The first-order chi connectivity index (χ1) is 9.44. The molecule has 4 aliphatic carbocycles. The molecule has 4 aliphatic rings. The summed E-state index contributed by atoms with van der Waals surface area (Å²) in [4.78, 5) is 4.71. The van der Waals surface area contributed by atoms with Gasteiger partial charge in [-0.1, -0.05) is 19.0 Å². The molecule has 0 radical (unpaired) electrons. The molecule has 2 unspecified atom stereocenters. The van der Waals surface area contributed by atoms with E-state index in [4.69, 9.17) is 9.51 Å². The molecule has 1 aromatic heterocycles. The van der Waals surface area contributed by atoms with Gasteiger partial charge in [-0.3, -0.25) is 0 Å². The highest BCUT2D eigenvalue weighted by Crippen LogP contribution is 2.69. The van der Waals surface area contributed by atoms with E-state index in [0.29, 0.717) is 17.4 Å². The van der Waals surface area contributed by atoms with Crippen LogP contribution in [0.3, 0.4) is 0 Å².